The first-order valence-corrected chi connectivity index (χ1v) is 6.35. The number of ether oxygens (including phenoxy) is 1. The van der Waals surface area contributed by atoms with Gasteiger partial charge >= 0.3 is 0 Å². The highest BCUT2D eigenvalue weighted by molar-refractivity contribution is 6.28. The molecule has 0 radical (unpaired) electrons. The predicted molar refractivity (Wildman–Crippen MR) is 72.2 cm³/mol. The van der Waals surface area contributed by atoms with Crippen LogP contribution in [0.2, 0.25) is 5.22 Å². The van der Waals surface area contributed by atoms with Gasteiger partial charge in [-0.1, -0.05) is 13.0 Å². The highest BCUT2D eigenvalue weighted by Crippen LogP contribution is 2.29. The van der Waals surface area contributed by atoms with E-state index >= 15 is 0 Å². The maximum atomic E-state index is 14.1. The van der Waals surface area contributed by atoms with E-state index < -0.39 is 0 Å². The van der Waals surface area contributed by atoms with Gasteiger partial charge in [-0.3, -0.25) is 0 Å². The Morgan fingerprint density at radius 1 is 1.37 bits per heavy atom. The molecule has 1 N–H and O–H groups in total. The molecule has 0 aliphatic heterocycles. The van der Waals surface area contributed by atoms with Gasteiger partial charge in [0.05, 0.1) is 13.2 Å². The molecule has 1 aromatic carbocycles. The number of benzene rings is 1. The molecular formula is C14H15ClFNO2. The Balaban J connectivity index is 2.39. The highest BCUT2D eigenvalue weighted by Gasteiger charge is 2.20. The number of hydrogen-bond donors (Lipinski definition) is 1. The largest absolute Gasteiger partial charge is 0.497 e. The lowest BCUT2D eigenvalue weighted by Gasteiger charge is -2.17. The molecule has 0 bridgehead atoms. The van der Waals surface area contributed by atoms with Crippen molar-refractivity contribution in [2.45, 2.75) is 13.0 Å². The minimum atomic E-state index is -0.372. The topological polar surface area (TPSA) is 34.4 Å². The molecule has 3 nitrogen and oxygen atoms in total. The molecule has 2 aromatic rings. The molecule has 0 amide bonds. The van der Waals surface area contributed by atoms with Crippen LogP contribution in [0.3, 0.4) is 0 Å². The lowest BCUT2D eigenvalue weighted by Crippen LogP contribution is -2.22. The number of methoxy groups -OCH3 is 1. The van der Waals surface area contributed by atoms with E-state index in [-0.39, 0.29) is 17.1 Å². The van der Waals surface area contributed by atoms with Gasteiger partial charge < -0.3 is 14.5 Å². The molecular weight excluding hydrogens is 269 g/mol. The van der Waals surface area contributed by atoms with Crippen LogP contribution in [0.25, 0.3) is 0 Å². The second-order valence-corrected chi connectivity index (χ2v) is 4.39. The molecule has 0 aliphatic carbocycles. The highest BCUT2D eigenvalue weighted by atomic mass is 35.5. The van der Waals surface area contributed by atoms with Gasteiger partial charge in [-0.05, 0) is 36.3 Å². The monoisotopic (exact) mass is 283 g/mol. The Labute approximate surface area is 116 Å². The second kappa shape index (κ2) is 6.08. The van der Waals surface area contributed by atoms with E-state index in [9.17, 15) is 4.39 Å². The molecule has 0 saturated carbocycles. The molecule has 5 heteroatoms. The first-order valence-electron chi connectivity index (χ1n) is 5.97. The molecule has 1 atom stereocenters. The van der Waals surface area contributed by atoms with Gasteiger partial charge in [-0.2, -0.15) is 0 Å². The Bertz CT molecular complexity index is 556. The number of rotatable bonds is 5. The maximum absolute atomic E-state index is 14.1. The summed E-state index contributed by atoms with van der Waals surface area (Å²) < 4.78 is 24.5. The molecule has 1 heterocycles. The van der Waals surface area contributed by atoms with Crippen LogP contribution >= 0.6 is 11.6 Å². The number of nitrogens with one attached hydrogen (secondary N) is 1. The summed E-state index contributed by atoms with van der Waals surface area (Å²) in [6.07, 6.45) is 0. The normalized spacial score (nSPS) is 12.4. The van der Waals surface area contributed by atoms with Crippen LogP contribution in [0.15, 0.2) is 34.7 Å². The van der Waals surface area contributed by atoms with E-state index in [1.54, 1.807) is 24.3 Å². The van der Waals surface area contributed by atoms with Crippen molar-refractivity contribution in [2.75, 3.05) is 13.7 Å². The number of hydrogen-bond acceptors (Lipinski definition) is 3. The Kier molecular flexibility index (Phi) is 4.45. The Morgan fingerprint density at radius 3 is 2.68 bits per heavy atom. The molecule has 1 unspecified atom stereocenters. The van der Waals surface area contributed by atoms with E-state index in [0.29, 0.717) is 23.6 Å². The van der Waals surface area contributed by atoms with Crippen LogP contribution < -0.4 is 10.1 Å². The zero-order chi connectivity index (χ0) is 13.8. The molecule has 2 rings (SSSR count). The molecule has 1 aromatic heterocycles. The Morgan fingerprint density at radius 2 is 2.16 bits per heavy atom. The minimum absolute atomic E-state index is 0.284. The van der Waals surface area contributed by atoms with E-state index in [1.165, 1.54) is 13.2 Å². The third kappa shape index (κ3) is 3.08. The number of halogens is 2. The van der Waals surface area contributed by atoms with Crippen LogP contribution in [-0.2, 0) is 0 Å². The van der Waals surface area contributed by atoms with E-state index in [4.69, 9.17) is 20.8 Å². The van der Waals surface area contributed by atoms with Gasteiger partial charge in [-0.15, -0.1) is 0 Å². The van der Waals surface area contributed by atoms with Gasteiger partial charge in [0.1, 0.15) is 17.3 Å². The first-order chi connectivity index (χ1) is 9.15. The van der Waals surface area contributed by atoms with Crippen molar-refractivity contribution in [3.8, 4) is 5.75 Å². The predicted octanol–water partition coefficient (Wildman–Crippen LogP) is 3.78. The Hall–Kier alpha value is -1.52. The van der Waals surface area contributed by atoms with Crippen LogP contribution in [0, 0.1) is 5.82 Å². The smallest absolute Gasteiger partial charge is 0.193 e. The summed E-state index contributed by atoms with van der Waals surface area (Å²) in [5.41, 5.74) is 0.494. The van der Waals surface area contributed by atoms with Gasteiger partial charge in [0.15, 0.2) is 5.22 Å². The summed E-state index contributed by atoms with van der Waals surface area (Å²) >= 11 is 5.77. The SMILES string of the molecule is CCNC(c1ccc(Cl)o1)c1ccc(OC)cc1F. The third-order valence-corrected chi connectivity index (χ3v) is 3.01. The van der Waals surface area contributed by atoms with Crippen LogP contribution in [0.1, 0.15) is 24.3 Å². The van der Waals surface area contributed by atoms with E-state index in [1.807, 2.05) is 6.92 Å². The minimum Gasteiger partial charge on any atom is -0.497 e. The van der Waals surface area contributed by atoms with Crippen LogP contribution in [0.5, 0.6) is 5.75 Å². The molecule has 0 fully saturated rings. The van der Waals surface area contributed by atoms with Gasteiger partial charge in [0.25, 0.3) is 0 Å². The average molecular weight is 284 g/mol. The number of furan rings is 1. The van der Waals surface area contributed by atoms with E-state index in [0.717, 1.165) is 0 Å². The maximum Gasteiger partial charge on any atom is 0.193 e. The van der Waals surface area contributed by atoms with E-state index in [2.05, 4.69) is 5.32 Å². The molecule has 19 heavy (non-hydrogen) atoms. The van der Waals surface area contributed by atoms with Gasteiger partial charge in [0.2, 0.25) is 0 Å². The third-order valence-electron chi connectivity index (χ3n) is 2.81. The zero-order valence-electron chi connectivity index (χ0n) is 10.7. The van der Waals surface area contributed by atoms with Crippen molar-refractivity contribution in [3.05, 3.63) is 52.7 Å². The van der Waals surface area contributed by atoms with Crippen molar-refractivity contribution >= 4 is 11.6 Å². The summed E-state index contributed by atoms with van der Waals surface area (Å²) in [6.45, 7) is 2.62. The molecule has 0 aliphatic rings. The first kappa shape index (κ1) is 13.9. The van der Waals surface area contributed by atoms with Crippen LogP contribution in [0.4, 0.5) is 4.39 Å². The molecule has 0 spiro atoms. The van der Waals surface area contributed by atoms with Crippen molar-refractivity contribution in [2.24, 2.45) is 0 Å². The van der Waals surface area contributed by atoms with Crippen molar-refractivity contribution in [1.82, 2.24) is 5.32 Å². The van der Waals surface area contributed by atoms with Crippen molar-refractivity contribution in [3.63, 3.8) is 0 Å². The fraction of sp³-hybridized carbons (Fsp3) is 0.286. The van der Waals surface area contributed by atoms with Crippen LogP contribution in [-0.4, -0.2) is 13.7 Å². The second-order valence-electron chi connectivity index (χ2n) is 4.02. The average Bonchev–Trinajstić information content (AvgIpc) is 2.83. The summed E-state index contributed by atoms with van der Waals surface area (Å²) in [6, 6.07) is 7.75. The van der Waals surface area contributed by atoms with Crippen molar-refractivity contribution < 1.29 is 13.5 Å². The summed E-state index contributed by atoms with van der Waals surface area (Å²) in [4.78, 5) is 0. The summed E-state index contributed by atoms with van der Waals surface area (Å²) in [5, 5.41) is 3.46. The fourth-order valence-electron chi connectivity index (χ4n) is 1.92. The molecule has 0 saturated heterocycles. The quantitative estimate of drug-likeness (QED) is 0.907. The lowest BCUT2D eigenvalue weighted by molar-refractivity contribution is 0.407. The van der Waals surface area contributed by atoms with Crippen molar-refractivity contribution in [1.29, 1.82) is 0 Å². The molecule has 102 valence electrons. The fourth-order valence-corrected chi connectivity index (χ4v) is 2.07. The summed E-state index contributed by atoms with van der Waals surface area (Å²) in [5.74, 6) is 0.711. The summed E-state index contributed by atoms with van der Waals surface area (Å²) in [7, 11) is 1.50. The lowest BCUT2D eigenvalue weighted by atomic mass is 10.0. The zero-order valence-corrected chi connectivity index (χ0v) is 11.5. The van der Waals surface area contributed by atoms with Gasteiger partial charge in [-0.25, -0.2) is 4.39 Å². The van der Waals surface area contributed by atoms with Gasteiger partial charge in [0, 0.05) is 11.6 Å². The standard InChI is InChI=1S/C14H15ClFNO2/c1-3-17-14(12-6-7-13(15)19-12)10-5-4-9(18-2)8-11(10)16/h4-8,14,17H,3H2,1-2H3.